The molecule has 0 radical (unpaired) electrons. The molecule has 1 aliphatic rings. The van der Waals surface area contributed by atoms with Crippen molar-refractivity contribution < 1.29 is 19.0 Å². The summed E-state index contributed by atoms with van der Waals surface area (Å²) in [5.41, 5.74) is -0.435. The van der Waals surface area contributed by atoms with Crippen molar-refractivity contribution in [3.8, 4) is 0 Å². The maximum absolute atomic E-state index is 14.2. The van der Waals surface area contributed by atoms with E-state index < -0.39 is 24.1 Å². The second-order valence-electron chi connectivity index (χ2n) is 5.97. The van der Waals surface area contributed by atoms with Crippen molar-refractivity contribution in [3.63, 3.8) is 0 Å². The molecule has 130 valence electrons. The van der Waals surface area contributed by atoms with Crippen LogP contribution < -0.4 is 10.9 Å². The predicted octanol–water partition coefficient (Wildman–Crippen LogP) is 0.332. The zero-order valence-corrected chi connectivity index (χ0v) is 13.2. The van der Waals surface area contributed by atoms with Crippen LogP contribution in [-0.4, -0.2) is 49.4 Å². The Balaban J connectivity index is 2.00. The van der Waals surface area contributed by atoms with Crippen molar-refractivity contribution in [3.05, 3.63) is 16.7 Å². The molecule has 3 N–H and O–H groups in total. The van der Waals surface area contributed by atoms with Crippen LogP contribution in [0.1, 0.15) is 26.5 Å². The van der Waals surface area contributed by atoms with Crippen LogP contribution in [0.3, 0.4) is 0 Å². The standard InChI is InChI=1S/C14H18FN5O4/c1-6(2)11(22)18-14-17-10-9(12(23)19-14)16-5-20(10)13-8(15)3-7(4-21)24-13/h5-8,13,21H,3-4H2,1-2H3,(H2,17,18,19,22,23)/t7-,8+,13+/m0/s1. The average molecular weight is 339 g/mol. The molecule has 3 heterocycles. The zero-order valence-electron chi connectivity index (χ0n) is 13.2. The van der Waals surface area contributed by atoms with Crippen molar-refractivity contribution in [1.82, 2.24) is 19.5 Å². The van der Waals surface area contributed by atoms with E-state index in [0.717, 1.165) is 0 Å². The number of alkyl halides is 1. The van der Waals surface area contributed by atoms with Gasteiger partial charge < -0.3 is 9.84 Å². The summed E-state index contributed by atoms with van der Waals surface area (Å²) in [5.74, 6) is -0.654. The number of rotatable bonds is 4. The SMILES string of the molecule is CC(C)C(=O)Nc1nc2c(ncn2[C@@H]2O[C@H](CO)C[C@H]2F)c(=O)[nH]1. The number of amides is 1. The molecule has 3 rings (SSSR count). The molecule has 0 aromatic carbocycles. The Morgan fingerprint density at radius 3 is 3.00 bits per heavy atom. The molecule has 1 fully saturated rings. The van der Waals surface area contributed by atoms with Gasteiger partial charge in [0.15, 0.2) is 17.4 Å². The number of aliphatic hydroxyl groups is 1. The number of aliphatic hydroxyl groups excluding tert-OH is 1. The molecule has 24 heavy (non-hydrogen) atoms. The summed E-state index contributed by atoms with van der Waals surface area (Å²) in [4.78, 5) is 34.4. The van der Waals surface area contributed by atoms with E-state index in [2.05, 4.69) is 20.3 Å². The molecule has 2 aromatic heterocycles. The van der Waals surface area contributed by atoms with E-state index in [1.165, 1.54) is 10.9 Å². The first-order valence-corrected chi connectivity index (χ1v) is 7.58. The van der Waals surface area contributed by atoms with Gasteiger partial charge in [0.2, 0.25) is 11.9 Å². The summed E-state index contributed by atoms with van der Waals surface area (Å²) in [6.07, 6.45) is -1.71. The molecule has 0 spiro atoms. The first-order chi connectivity index (χ1) is 11.4. The van der Waals surface area contributed by atoms with Gasteiger partial charge in [-0.05, 0) is 0 Å². The van der Waals surface area contributed by atoms with Crippen molar-refractivity contribution in [2.75, 3.05) is 11.9 Å². The van der Waals surface area contributed by atoms with Gasteiger partial charge in [-0.25, -0.2) is 9.37 Å². The van der Waals surface area contributed by atoms with Crippen LogP contribution in [0.5, 0.6) is 0 Å². The summed E-state index contributed by atoms with van der Waals surface area (Å²) in [5, 5.41) is 11.6. The van der Waals surface area contributed by atoms with E-state index in [1.54, 1.807) is 13.8 Å². The normalized spacial score (nSPS) is 24.0. The Kier molecular flexibility index (Phi) is 4.33. The highest BCUT2D eigenvalue weighted by Gasteiger charge is 2.37. The van der Waals surface area contributed by atoms with Crippen molar-refractivity contribution in [1.29, 1.82) is 0 Å². The van der Waals surface area contributed by atoms with Crippen LogP contribution in [0.15, 0.2) is 11.1 Å². The first kappa shape index (κ1) is 16.5. The Morgan fingerprint density at radius 2 is 2.38 bits per heavy atom. The lowest BCUT2D eigenvalue weighted by atomic mass is 10.2. The van der Waals surface area contributed by atoms with Gasteiger partial charge in [-0.3, -0.25) is 24.5 Å². The number of imidazole rings is 1. The van der Waals surface area contributed by atoms with E-state index >= 15 is 0 Å². The van der Waals surface area contributed by atoms with Crippen LogP contribution in [0.2, 0.25) is 0 Å². The summed E-state index contributed by atoms with van der Waals surface area (Å²) in [6.45, 7) is 3.10. The lowest BCUT2D eigenvalue weighted by Gasteiger charge is -2.15. The number of carbonyl (C=O) groups excluding carboxylic acids is 1. The second-order valence-corrected chi connectivity index (χ2v) is 5.97. The minimum Gasteiger partial charge on any atom is -0.394 e. The molecule has 2 aromatic rings. The van der Waals surface area contributed by atoms with E-state index in [-0.39, 0.29) is 42.0 Å². The third-order valence-electron chi connectivity index (χ3n) is 3.81. The molecular weight excluding hydrogens is 321 g/mol. The van der Waals surface area contributed by atoms with Crippen LogP contribution in [0.25, 0.3) is 11.2 Å². The maximum atomic E-state index is 14.2. The Bertz CT molecular complexity index is 817. The maximum Gasteiger partial charge on any atom is 0.280 e. The molecule has 3 atom stereocenters. The topological polar surface area (TPSA) is 122 Å². The third-order valence-corrected chi connectivity index (χ3v) is 3.81. The highest BCUT2D eigenvalue weighted by atomic mass is 19.1. The number of hydrogen-bond donors (Lipinski definition) is 3. The fourth-order valence-electron chi connectivity index (χ4n) is 2.50. The Morgan fingerprint density at radius 1 is 1.62 bits per heavy atom. The Labute approximate surface area is 135 Å². The van der Waals surface area contributed by atoms with Crippen molar-refractivity contribution in [2.24, 2.45) is 5.92 Å². The van der Waals surface area contributed by atoms with Gasteiger partial charge in [-0.1, -0.05) is 13.8 Å². The fourth-order valence-corrected chi connectivity index (χ4v) is 2.50. The second kappa shape index (κ2) is 6.29. The molecule has 0 saturated carbocycles. The quantitative estimate of drug-likeness (QED) is 0.738. The van der Waals surface area contributed by atoms with Crippen LogP contribution in [0, 0.1) is 5.92 Å². The molecule has 9 nitrogen and oxygen atoms in total. The number of anilines is 1. The molecule has 0 unspecified atom stereocenters. The van der Waals surface area contributed by atoms with Crippen LogP contribution >= 0.6 is 0 Å². The predicted molar refractivity (Wildman–Crippen MR) is 82.1 cm³/mol. The number of aromatic amines is 1. The minimum absolute atomic E-state index is 0.0146. The smallest absolute Gasteiger partial charge is 0.280 e. The molecule has 10 heteroatoms. The molecule has 1 saturated heterocycles. The number of ether oxygens (including phenoxy) is 1. The zero-order chi connectivity index (χ0) is 17.4. The summed E-state index contributed by atoms with van der Waals surface area (Å²) >= 11 is 0. The van der Waals surface area contributed by atoms with Gasteiger partial charge in [0.25, 0.3) is 5.56 Å². The van der Waals surface area contributed by atoms with Crippen molar-refractivity contribution >= 4 is 23.0 Å². The van der Waals surface area contributed by atoms with Crippen LogP contribution in [0.4, 0.5) is 10.3 Å². The Hall–Kier alpha value is -2.33. The van der Waals surface area contributed by atoms with Crippen LogP contribution in [-0.2, 0) is 9.53 Å². The molecular formula is C14H18FN5O4. The molecule has 0 bridgehead atoms. The number of hydrogen-bond acceptors (Lipinski definition) is 6. The number of nitrogens with zero attached hydrogens (tertiary/aromatic N) is 3. The van der Waals surface area contributed by atoms with E-state index in [1.807, 2.05) is 0 Å². The average Bonchev–Trinajstić information content (AvgIpc) is 3.10. The molecule has 0 aliphatic carbocycles. The van der Waals surface area contributed by atoms with Gasteiger partial charge in [-0.2, -0.15) is 4.98 Å². The van der Waals surface area contributed by atoms with Gasteiger partial charge in [0.05, 0.1) is 19.0 Å². The third kappa shape index (κ3) is 2.89. The van der Waals surface area contributed by atoms with E-state index in [4.69, 9.17) is 9.84 Å². The van der Waals surface area contributed by atoms with E-state index in [9.17, 15) is 14.0 Å². The van der Waals surface area contributed by atoms with Crippen molar-refractivity contribution in [2.45, 2.75) is 38.8 Å². The largest absolute Gasteiger partial charge is 0.394 e. The number of aromatic nitrogens is 4. The van der Waals surface area contributed by atoms with Gasteiger partial charge in [0, 0.05) is 12.3 Å². The summed E-state index contributed by atoms with van der Waals surface area (Å²) in [6, 6.07) is 0. The molecule has 1 aliphatic heterocycles. The highest BCUT2D eigenvalue weighted by Crippen LogP contribution is 2.32. The number of H-pyrrole nitrogens is 1. The number of fused-ring (bicyclic) bond motifs is 1. The number of nitrogens with one attached hydrogen (secondary N) is 2. The van der Waals surface area contributed by atoms with Gasteiger partial charge in [-0.15, -0.1) is 0 Å². The molecule has 1 amide bonds. The highest BCUT2D eigenvalue weighted by molar-refractivity contribution is 5.91. The van der Waals surface area contributed by atoms with E-state index in [0.29, 0.717) is 0 Å². The lowest BCUT2D eigenvalue weighted by molar-refractivity contribution is -0.118. The lowest BCUT2D eigenvalue weighted by Crippen LogP contribution is -2.23. The van der Waals surface area contributed by atoms with Gasteiger partial charge in [0.1, 0.15) is 6.17 Å². The summed E-state index contributed by atoms with van der Waals surface area (Å²) in [7, 11) is 0. The fraction of sp³-hybridized carbons (Fsp3) is 0.571. The first-order valence-electron chi connectivity index (χ1n) is 7.58. The number of carbonyl (C=O) groups is 1. The summed E-state index contributed by atoms with van der Waals surface area (Å²) < 4.78 is 20.9. The minimum atomic E-state index is -1.37. The van der Waals surface area contributed by atoms with Gasteiger partial charge >= 0.3 is 0 Å². The number of halogens is 1. The monoisotopic (exact) mass is 339 g/mol.